The molecular formula is C21H23N3O3S. The maximum absolute atomic E-state index is 13.0. The number of aromatic nitrogens is 1. The number of ether oxygens (including phenoxy) is 2. The first-order chi connectivity index (χ1) is 13.7. The highest BCUT2D eigenvalue weighted by atomic mass is 32.1. The van der Waals surface area contributed by atoms with E-state index in [0.717, 1.165) is 30.2 Å². The van der Waals surface area contributed by atoms with Gasteiger partial charge < -0.3 is 14.4 Å². The van der Waals surface area contributed by atoms with Crippen molar-refractivity contribution in [3.05, 3.63) is 53.0 Å². The van der Waals surface area contributed by atoms with E-state index in [2.05, 4.69) is 11.0 Å². The second-order valence-electron chi connectivity index (χ2n) is 6.68. The van der Waals surface area contributed by atoms with E-state index in [1.54, 1.807) is 37.7 Å². The Kier molecular flexibility index (Phi) is 5.45. The van der Waals surface area contributed by atoms with E-state index in [1.165, 1.54) is 4.70 Å². The Balaban J connectivity index is 1.40. The standard InChI is InChI=1S/C21H23N3O3S/c1-26-17-8-5-6-15(20(17)27-2)21(25)24-12-10-23(11-13-24)14-19-22-16-7-3-4-9-18(16)28-19/h3-9H,10-14H2,1-2H3. The topological polar surface area (TPSA) is 54.9 Å². The molecule has 0 spiro atoms. The van der Waals surface area contributed by atoms with Gasteiger partial charge in [-0.25, -0.2) is 4.98 Å². The molecule has 2 heterocycles. The lowest BCUT2D eigenvalue weighted by atomic mass is 10.1. The third-order valence-electron chi connectivity index (χ3n) is 4.99. The molecule has 0 aliphatic carbocycles. The molecular weight excluding hydrogens is 374 g/mol. The Morgan fingerprint density at radius 2 is 1.82 bits per heavy atom. The fourth-order valence-corrected chi connectivity index (χ4v) is 4.52. The lowest BCUT2D eigenvalue weighted by Crippen LogP contribution is -2.48. The van der Waals surface area contributed by atoms with Gasteiger partial charge in [0, 0.05) is 26.2 Å². The fraction of sp³-hybridized carbons (Fsp3) is 0.333. The van der Waals surface area contributed by atoms with Crippen LogP contribution in [0.15, 0.2) is 42.5 Å². The van der Waals surface area contributed by atoms with Crippen LogP contribution in [0.25, 0.3) is 10.2 Å². The van der Waals surface area contributed by atoms with Crippen molar-refractivity contribution in [3.8, 4) is 11.5 Å². The lowest BCUT2D eigenvalue weighted by Gasteiger charge is -2.34. The van der Waals surface area contributed by atoms with E-state index < -0.39 is 0 Å². The molecule has 1 aromatic heterocycles. The van der Waals surface area contributed by atoms with Gasteiger partial charge in [-0.1, -0.05) is 18.2 Å². The van der Waals surface area contributed by atoms with Gasteiger partial charge in [0.1, 0.15) is 5.01 Å². The Morgan fingerprint density at radius 3 is 2.54 bits per heavy atom. The number of hydrogen-bond acceptors (Lipinski definition) is 6. The van der Waals surface area contributed by atoms with Gasteiger partial charge in [0.2, 0.25) is 0 Å². The third kappa shape index (κ3) is 3.68. The SMILES string of the molecule is COc1cccc(C(=O)N2CCN(Cc3nc4ccccc4s3)CC2)c1OC. The maximum Gasteiger partial charge on any atom is 0.257 e. The molecule has 2 aromatic carbocycles. The molecule has 0 unspecified atom stereocenters. The first kappa shape index (κ1) is 18.7. The Hall–Kier alpha value is -2.64. The van der Waals surface area contributed by atoms with Crippen LogP contribution in [0.5, 0.6) is 11.5 Å². The van der Waals surface area contributed by atoms with Crippen molar-refractivity contribution >= 4 is 27.5 Å². The van der Waals surface area contributed by atoms with Crippen molar-refractivity contribution < 1.29 is 14.3 Å². The molecule has 1 aliphatic rings. The summed E-state index contributed by atoms with van der Waals surface area (Å²) in [6.45, 7) is 3.85. The number of amides is 1. The number of fused-ring (bicyclic) bond motifs is 1. The zero-order chi connectivity index (χ0) is 19.5. The summed E-state index contributed by atoms with van der Waals surface area (Å²) in [5.74, 6) is 1.05. The molecule has 7 heteroatoms. The molecule has 1 fully saturated rings. The van der Waals surface area contributed by atoms with Crippen LogP contribution < -0.4 is 9.47 Å². The molecule has 1 aliphatic heterocycles. The lowest BCUT2D eigenvalue weighted by molar-refractivity contribution is 0.0624. The molecule has 6 nitrogen and oxygen atoms in total. The van der Waals surface area contributed by atoms with E-state index in [0.29, 0.717) is 30.2 Å². The predicted molar refractivity (Wildman–Crippen MR) is 110 cm³/mol. The average Bonchev–Trinajstić information content (AvgIpc) is 3.15. The third-order valence-corrected chi connectivity index (χ3v) is 6.01. The second kappa shape index (κ2) is 8.16. The van der Waals surface area contributed by atoms with Gasteiger partial charge in [-0.2, -0.15) is 0 Å². The van der Waals surface area contributed by atoms with Crippen LogP contribution in [0.2, 0.25) is 0 Å². The minimum Gasteiger partial charge on any atom is -0.493 e. The molecule has 0 atom stereocenters. The molecule has 1 amide bonds. The van der Waals surface area contributed by atoms with Crippen molar-refractivity contribution in [2.75, 3.05) is 40.4 Å². The molecule has 4 rings (SSSR count). The normalized spacial score (nSPS) is 15.0. The second-order valence-corrected chi connectivity index (χ2v) is 7.80. The molecule has 1 saturated heterocycles. The summed E-state index contributed by atoms with van der Waals surface area (Å²) >= 11 is 1.74. The van der Waals surface area contributed by atoms with Crippen molar-refractivity contribution in [1.82, 2.24) is 14.8 Å². The first-order valence-corrected chi connectivity index (χ1v) is 10.1. The quantitative estimate of drug-likeness (QED) is 0.661. The van der Waals surface area contributed by atoms with Crippen LogP contribution in [0.1, 0.15) is 15.4 Å². The average molecular weight is 398 g/mol. The summed E-state index contributed by atoms with van der Waals surface area (Å²) in [6.07, 6.45) is 0. The van der Waals surface area contributed by atoms with Gasteiger partial charge >= 0.3 is 0 Å². The van der Waals surface area contributed by atoms with Crippen LogP contribution in [0.4, 0.5) is 0 Å². The van der Waals surface area contributed by atoms with E-state index in [4.69, 9.17) is 14.5 Å². The Labute approximate surface area is 168 Å². The van der Waals surface area contributed by atoms with Crippen LogP contribution in [0.3, 0.4) is 0 Å². The van der Waals surface area contributed by atoms with E-state index >= 15 is 0 Å². The smallest absolute Gasteiger partial charge is 0.257 e. The number of nitrogens with zero attached hydrogens (tertiary/aromatic N) is 3. The Morgan fingerprint density at radius 1 is 1.04 bits per heavy atom. The van der Waals surface area contributed by atoms with Gasteiger partial charge in [0.15, 0.2) is 11.5 Å². The zero-order valence-electron chi connectivity index (χ0n) is 16.1. The van der Waals surface area contributed by atoms with Crippen molar-refractivity contribution in [1.29, 1.82) is 0 Å². The number of benzene rings is 2. The van der Waals surface area contributed by atoms with Gasteiger partial charge in [-0.3, -0.25) is 9.69 Å². The van der Waals surface area contributed by atoms with Crippen LogP contribution in [-0.4, -0.2) is 61.1 Å². The first-order valence-electron chi connectivity index (χ1n) is 9.26. The minimum absolute atomic E-state index is 0.0182. The number of hydrogen-bond donors (Lipinski definition) is 0. The fourth-order valence-electron chi connectivity index (χ4n) is 3.51. The van der Waals surface area contributed by atoms with Gasteiger partial charge in [-0.05, 0) is 24.3 Å². The zero-order valence-corrected chi connectivity index (χ0v) is 16.9. The van der Waals surface area contributed by atoms with Crippen molar-refractivity contribution in [2.24, 2.45) is 0 Å². The molecule has 0 N–H and O–H groups in total. The van der Waals surface area contributed by atoms with Gasteiger partial charge in [0.05, 0.1) is 36.5 Å². The number of rotatable bonds is 5. The monoisotopic (exact) mass is 397 g/mol. The highest BCUT2D eigenvalue weighted by Gasteiger charge is 2.26. The number of piperazine rings is 1. The number of methoxy groups -OCH3 is 2. The van der Waals surface area contributed by atoms with Gasteiger partial charge in [-0.15, -0.1) is 11.3 Å². The van der Waals surface area contributed by atoms with E-state index in [-0.39, 0.29) is 5.91 Å². The van der Waals surface area contributed by atoms with Crippen LogP contribution in [0, 0.1) is 0 Å². The largest absolute Gasteiger partial charge is 0.493 e. The van der Waals surface area contributed by atoms with E-state index in [1.807, 2.05) is 29.2 Å². The summed E-state index contributed by atoms with van der Waals surface area (Å²) in [6, 6.07) is 13.6. The minimum atomic E-state index is -0.0182. The molecule has 28 heavy (non-hydrogen) atoms. The highest BCUT2D eigenvalue weighted by Crippen LogP contribution is 2.31. The highest BCUT2D eigenvalue weighted by molar-refractivity contribution is 7.18. The van der Waals surface area contributed by atoms with Crippen molar-refractivity contribution in [2.45, 2.75) is 6.54 Å². The van der Waals surface area contributed by atoms with Gasteiger partial charge in [0.25, 0.3) is 5.91 Å². The number of carbonyl (C=O) groups excluding carboxylic acids is 1. The molecule has 0 saturated carbocycles. The summed E-state index contributed by atoms with van der Waals surface area (Å²) in [7, 11) is 3.14. The summed E-state index contributed by atoms with van der Waals surface area (Å²) in [5.41, 5.74) is 1.60. The van der Waals surface area contributed by atoms with Crippen molar-refractivity contribution in [3.63, 3.8) is 0 Å². The number of carbonyl (C=O) groups is 1. The molecule has 146 valence electrons. The Bertz CT molecular complexity index is 947. The maximum atomic E-state index is 13.0. The molecule has 0 bridgehead atoms. The predicted octanol–water partition coefficient (Wildman–Crippen LogP) is 3.27. The molecule has 3 aromatic rings. The molecule has 0 radical (unpaired) electrons. The van der Waals surface area contributed by atoms with Crippen LogP contribution in [-0.2, 0) is 6.54 Å². The number of thiazole rings is 1. The van der Waals surface area contributed by atoms with E-state index in [9.17, 15) is 4.79 Å². The summed E-state index contributed by atoms with van der Waals surface area (Å²) in [5, 5.41) is 1.12. The number of para-hydroxylation sites is 2. The summed E-state index contributed by atoms with van der Waals surface area (Å²) in [4.78, 5) is 21.9. The summed E-state index contributed by atoms with van der Waals surface area (Å²) < 4.78 is 12.0. The van der Waals surface area contributed by atoms with Crippen LogP contribution >= 0.6 is 11.3 Å².